The number of halogens is 1. The van der Waals surface area contributed by atoms with Crippen molar-refractivity contribution in [3.05, 3.63) is 30.1 Å². The van der Waals surface area contributed by atoms with Crippen LogP contribution >= 0.6 is 0 Å². The fourth-order valence-corrected chi connectivity index (χ4v) is 2.16. The van der Waals surface area contributed by atoms with Crippen molar-refractivity contribution >= 4 is 5.91 Å². The van der Waals surface area contributed by atoms with E-state index in [1.54, 1.807) is 18.7 Å². The maximum atomic E-state index is 12.8. The van der Waals surface area contributed by atoms with Gasteiger partial charge in [0.25, 0.3) is 5.91 Å². The molecule has 5 heteroatoms. The zero-order chi connectivity index (χ0) is 14.0. The van der Waals surface area contributed by atoms with Crippen LogP contribution in [0, 0.1) is 5.82 Å². The molecule has 2 atom stereocenters. The van der Waals surface area contributed by atoms with Gasteiger partial charge < -0.3 is 14.7 Å². The number of amides is 1. The number of carbonyl (C=O) groups is 1. The molecule has 1 saturated heterocycles. The fraction of sp³-hybridized carbons (Fsp3) is 0.500. The van der Waals surface area contributed by atoms with E-state index in [0.717, 1.165) is 0 Å². The molecule has 2 unspecified atom stereocenters. The molecule has 1 N–H and O–H groups in total. The summed E-state index contributed by atoms with van der Waals surface area (Å²) in [7, 11) is 0. The highest BCUT2D eigenvalue weighted by atomic mass is 19.1. The van der Waals surface area contributed by atoms with E-state index in [4.69, 9.17) is 4.74 Å². The largest absolute Gasteiger partial charge is 0.481 e. The summed E-state index contributed by atoms with van der Waals surface area (Å²) in [6, 6.07) is 5.54. The van der Waals surface area contributed by atoms with Crippen LogP contribution in [-0.2, 0) is 4.79 Å². The third-order valence-corrected chi connectivity index (χ3v) is 3.24. The Morgan fingerprint density at radius 3 is 2.63 bits per heavy atom. The molecular weight excluding hydrogens is 249 g/mol. The average molecular weight is 267 g/mol. The van der Waals surface area contributed by atoms with Crippen molar-refractivity contribution in [2.45, 2.75) is 32.0 Å². The minimum Gasteiger partial charge on any atom is -0.481 e. The summed E-state index contributed by atoms with van der Waals surface area (Å²) >= 11 is 0. The van der Waals surface area contributed by atoms with Gasteiger partial charge in [0, 0.05) is 13.1 Å². The molecule has 0 saturated carbocycles. The summed E-state index contributed by atoms with van der Waals surface area (Å²) in [5.41, 5.74) is -0.814. The van der Waals surface area contributed by atoms with Gasteiger partial charge in [-0.3, -0.25) is 4.79 Å². The number of hydrogen-bond acceptors (Lipinski definition) is 3. The van der Waals surface area contributed by atoms with E-state index in [1.165, 1.54) is 24.3 Å². The highest BCUT2D eigenvalue weighted by Crippen LogP contribution is 2.22. The van der Waals surface area contributed by atoms with E-state index in [9.17, 15) is 14.3 Å². The molecule has 2 rings (SSSR count). The first-order valence-corrected chi connectivity index (χ1v) is 6.31. The molecule has 1 amide bonds. The molecule has 1 aliphatic rings. The lowest BCUT2D eigenvalue weighted by Crippen LogP contribution is -2.41. The molecule has 1 aromatic carbocycles. The molecule has 1 aliphatic heterocycles. The number of rotatable bonds is 3. The molecule has 1 aromatic rings. The van der Waals surface area contributed by atoms with Gasteiger partial charge in [-0.15, -0.1) is 0 Å². The summed E-state index contributed by atoms with van der Waals surface area (Å²) in [5.74, 6) is -0.0581. The van der Waals surface area contributed by atoms with Gasteiger partial charge in [0.1, 0.15) is 11.6 Å². The molecule has 0 radical (unpaired) electrons. The van der Waals surface area contributed by atoms with Crippen LogP contribution < -0.4 is 4.74 Å². The summed E-state index contributed by atoms with van der Waals surface area (Å²) < 4.78 is 18.2. The van der Waals surface area contributed by atoms with Crippen LogP contribution in [0.15, 0.2) is 24.3 Å². The van der Waals surface area contributed by atoms with E-state index in [2.05, 4.69) is 0 Å². The highest BCUT2D eigenvalue weighted by Gasteiger charge is 2.36. The summed E-state index contributed by atoms with van der Waals surface area (Å²) in [4.78, 5) is 13.7. The van der Waals surface area contributed by atoms with Gasteiger partial charge in [-0.1, -0.05) is 0 Å². The predicted octanol–water partition coefficient (Wildman–Crippen LogP) is 1.58. The molecule has 0 bridgehead atoms. The van der Waals surface area contributed by atoms with Crippen molar-refractivity contribution < 1.29 is 19.0 Å². The van der Waals surface area contributed by atoms with Crippen LogP contribution in [0.1, 0.15) is 20.3 Å². The normalized spacial score (nSPS) is 24.3. The van der Waals surface area contributed by atoms with Gasteiger partial charge in [0.2, 0.25) is 0 Å². The zero-order valence-electron chi connectivity index (χ0n) is 11.1. The molecule has 0 aromatic heterocycles. The molecule has 0 spiro atoms. The zero-order valence-corrected chi connectivity index (χ0v) is 11.1. The second-order valence-corrected chi connectivity index (χ2v) is 5.22. The van der Waals surface area contributed by atoms with Crippen molar-refractivity contribution in [1.82, 2.24) is 4.90 Å². The third kappa shape index (κ3) is 3.44. The second kappa shape index (κ2) is 5.17. The van der Waals surface area contributed by atoms with Crippen LogP contribution in [0.5, 0.6) is 5.75 Å². The Balaban J connectivity index is 1.94. The average Bonchev–Trinajstić information content (AvgIpc) is 2.71. The molecule has 4 nitrogen and oxygen atoms in total. The van der Waals surface area contributed by atoms with Crippen molar-refractivity contribution in [3.63, 3.8) is 0 Å². The van der Waals surface area contributed by atoms with Gasteiger partial charge in [-0.05, 0) is 44.5 Å². The highest BCUT2D eigenvalue weighted by molar-refractivity contribution is 5.81. The molecular formula is C14H18FNO3. The van der Waals surface area contributed by atoms with E-state index in [-0.39, 0.29) is 11.7 Å². The Bertz CT molecular complexity index is 458. The Morgan fingerprint density at radius 1 is 1.47 bits per heavy atom. The summed E-state index contributed by atoms with van der Waals surface area (Å²) in [6.07, 6.45) is -0.0819. The number of carbonyl (C=O) groups excluding carboxylic acids is 1. The summed E-state index contributed by atoms with van der Waals surface area (Å²) in [6.45, 7) is 4.22. The van der Waals surface area contributed by atoms with E-state index >= 15 is 0 Å². The first kappa shape index (κ1) is 13.8. The molecule has 19 heavy (non-hydrogen) atoms. The van der Waals surface area contributed by atoms with E-state index in [0.29, 0.717) is 25.3 Å². The van der Waals surface area contributed by atoms with Gasteiger partial charge >= 0.3 is 0 Å². The number of likely N-dealkylation sites (tertiary alicyclic amines) is 1. The van der Waals surface area contributed by atoms with Crippen molar-refractivity contribution in [3.8, 4) is 5.75 Å². The Labute approximate surface area is 111 Å². The van der Waals surface area contributed by atoms with E-state index < -0.39 is 11.7 Å². The van der Waals surface area contributed by atoms with Crippen molar-refractivity contribution in [2.24, 2.45) is 0 Å². The van der Waals surface area contributed by atoms with Crippen LogP contribution in [0.25, 0.3) is 0 Å². The maximum absolute atomic E-state index is 12.8. The Kier molecular flexibility index (Phi) is 3.75. The minimum atomic E-state index is -0.814. The first-order valence-electron chi connectivity index (χ1n) is 6.31. The van der Waals surface area contributed by atoms with Gasteiger partial charge in [-0.25, -0.2) is 4.39 Å². The number of aliphatic hydroxyl groups is 1. The monoisotopic (exact) mass is 267 g/mol. The van der Waals surface area contributed by atoms with Gasteiger partial charge in [-0.2, -0.15) is 0 Å². The number of β-amino-alcohol motifs (C(OH)–C–C–N with tert-alkyl or cyclic N) is 1. The molecule has 1 heterocycles. The third-order valence-electron chi connectivity index (χ3n) is 3.24. The summed E-state index contributed by atoms with van der Waals surface area (Å²) in [5, 5.41) is 9.84. The predicted molar refractivity (Wildman–Crippen MR) is 68.3 cm³/mol. The Hall–Kier alpha value is -1.62. The lowest BCUT2D eigenvalue weighted by Gasteiger charge is -2.23. The smallest absolute Gasteiger partial charge is 0.263 e. The number of nitrogens with zero attached hydrogens (tertiary/aromatic N) is 1. The van der Waals surface area contributed by atoms with Crippen molar-refractivity contribution in [2.75, 3.05) is 13.1 Å². The first-order chi connectivity index (χ1) is 8.87. The fourth-order valence-electron chi connectivity index (χ4n) is 2.16. The molecule has 0 aliphatic carbocycles. The lowest BCUT2D eigenvalue weighted by molar-refractivity contribution is -0.137. The minimum absolute atomic E-state index is 0.165. The van der Waals surface area contributed by atoms with Crippen LogP contribution in [0.4, 0.5) is 4.39 Å². The number of hydrogen-bond donors (Lipinski definition) is 1. The van der Waals surface area contributed by atoms with Crippen LogP contribution in [0.3, 0.4) is 0 Å². The quantitative estimate of drug-likeness (QED) is 0.904. The standard InChI is InChI=1S/C14H18FNO3/c1-10(19-12-5-3-11(15)4-6-12)13(17)16-8-7-14(2,18)9-16/h3-6,10,18H,7-9H2,1-2H3. The number of benzene rings is 1. The van der Waals surface area contributed by atoms with Crippen molar-refractivity contribution in [1.29, 1.82) is 0 Å². The molecule has 1 fully saturated rings. The SMILES string of the molecule is CC(Oc1ccc(F)cc1)C(=O)N1CCC(C)(O)C1. The Morgan fingerprint density at radius 2 is 2.11 bits per heavy atom. The topological polar surface area (TPSA) is 49.8 Å². The molecule has 104 valence electrons. The maximum Gasteiger partial charge on any atom is 0.263 e. The number of ether oxygens (including phenoxy) is 1. The second-order valence-electron chi connectivity index (χ2n) is 5.22. The van der Waals surface area contributed by atoms with Gasteiger partial charge in [0.05, 0.1) is 5.60 Å². The van der Waals surface area contributed by atoms with Gasteiger partial charge in [0.15, 0.2) is 6.10 Å². The van der Waals surface area contributed by atoms with Crippen LogP contribution in [-0.4, -0.2) is 40.7 Å². The van der Waals surface area contributed by atoms with Crippen LogP contribution in [0.2, 0.25) is 0 Å². The van der Waals surface area contributed by atoms with E-state index in [1.807, 2.05) is 0 Å². The lowest BCUT2D eigenvalue weighted by atomic mass is 10.1.